The average Bonchev–Trinajstić information content (AvgIpc) is 3.16. The first kappa shape index (κ1) is 28.6. The maximum atomic E-state index is 13.3. The standard InChI is InChI=1S/C26H35N3O5.BrH/c1-5-34-28-20-9-8-17-14-29(15-19(17)11-20)16-22(30)18-12-21(26(2,3)4)25(32)23(13-18)33-10-6-7-24(27)31;/h8-9,12-13,32H,5-7,10-11,14-16H2,1-4H3,(H2,27,31);1H. The highest BCUT2D eigenvalue weighted by Crippen LogP contribution is 2.39. The predicted octanol–water partition coefficient (Wildman–Crippen LogP) is 4.06. The first-order chi connectivity index (χ1) is 16.1. The summed E-state index contributed by atoms with van der Waals surface area (Å²) in [7, 11) is 0. The van der Waals surface area contributed by atoms with Crippen LogP contribution in [0, 0.1) is 0 Å². The minimum absolute atomic E-state index is 0. The second-order valence-electron chi connectivity index (χ2n) is 9.75. The Morgan fingerprint density at radius 3 is 2.60 bits per heavy atom. The molecule has 1 aliphatic carbocycles. The number of ether oxygens (including phenoxy) is 1. The van der Waals surface area contributed by atoms with Gasteiger partial charge in [-0.15, -0.1) is 17.0 Å². The van der Waals surface area contributed by atoms with E-state index in [0.29, 0.717) is 37.2 Å². The third kappa shape index (κ3) is 7.67. The molecule has 1 aliphatic heterocycles. The molecule has 9 heteroatoms. The van der Waals surface area contributed by atoms with Crippen molar-refractivity contribution >= 4 is 34.4 Å². The SMILES string of the molecule is Br.CCON=C1C=CC2=C(C1)CN(CC(=O)c1cc(OCCCC(N)=O)c(O)c(C(C)(C)C)c1)C2. The number of phenols is 1. The van der Waals surface area contributed by atoms with Gasteiger partial charge in [0.15, 0.2) is 17.3 Å². The number of carbonyl (C=O) groups is 2. The summed E-state index contributed by atoms with van der Waals surface area (Å²) in [5.74, 6) is -0.175. The number of phenolic OH excluding ortho intramolecular Hbond substituents is 1. The number of amides is 1. The van der Waals surface area contributed by atoms with E-state index < -0.39 is 5.91 Å². The second-order valence-corrected chi connectivity index (χ2v) is 9.75. The molecule has 0 spiro atoms. The molecule has 35 heavy (non-hydrogen) atoms. The minimum atomic E-state index is -0.403. The number of Topliss-reactive ketones (excluding diaryl/α,β-unsaturated/α-hetero) is 1. The number of allylic oxidation sites excluding steroid dienone is 1. The van der Waals surface area contributed by atoms with Crippen LogP contribution in [-0.4, -0.2) is 60.3 Å². The lowest BCUT2D eigenvalue weighted by Crippen LogP contribution is -2.29. The van der Waals surface area contributed by atoms with Crippen molar-refractivity contribution in [3.05, 3.63) is 46.6 Å². The topological polar surface area (TPSA) is 114 Å². The van der Waals surface area contributed by atoms with Gasteiger partial charge in [0, 0.05) is 37.1 Å². The molecule has 0 bridgehead atoms. The van der Waals surface area contributed by atoms with Gasteiger partial charge in [0.1, 0.15) is 6.61 Å². The Labute approximate surface area is 217 Å². The number of aromatic hydroxyl groups is 1. The number of hydrogen-bond donors (Lipinski definition) is 2. The van der Waals surface area contributed by atoms with Crippen LogP contribution in [0.3, 0.4) is 0 Å². The van der Waals surface area contributed by atoms with Crippen molar-refractivity contribution in [2.45, 2.75) is 52.4 Å². The Kier molecular flexibility index (Phi) is 10.1. The number of hydrogen-bond acceptors (Lipinski definition) is 7. The Hall–Kier alpha value is -2.65. The fourth-order valence-electron chi connectivity index (χ4n) is 4.09. The molecule has 2 aliphatic rings. The highest BCUT2D eigenvalue weighted by atomic mass is 79.9. The number of carbonyl (C=O) groups excluding carboxylic acids is 2. The summed E-state index contributed by atoms with van der Waals surface area (Å²) in [5.41, 5.74) is 9.30. The summed E-state index contributed by atoms with van der Waals surface area (Å²) < 4.78 is 5.74. The lowest BCUT2D eigenvalue weighted by atomic mass is 9.84. The Morgan fingerprint density at radius 2 is 1.94 bits per heavy atom. The van der Waals surface area contributed by atoms with Crippen molar-refractivity contribution in [3.63, 3.8) is 0 Å². The van der Waals surface area contributed by atoms with E-state index in [4.69, 9.17) is 15.3 Å². The Morgan fingerprint density at radius 1 is 1.20 bits per heavy atom. The first-order valence-corrected chi connectivity index (χ1v) is 11.7. The van der Waals surface area contributed by atoms with E-state index in [1.807, 2.05) is 33.8 Å². The number of rotatable bonds is 10. The Balaban J connectivity index is 0.00000432. The highest BCUT2D eigenvalue weighted by Gasteiger charge is 2.28. The highest BCUT2D eigenvalue weighted by molar-refractivity contribution is 8.93. The molecule has 8 nitrogen and oxygen atoms in total. The molecule has 3 N–H and O–H groups in total. The van der Waals surface area contributed by atoms with E-state index in [1.165, 1.54) is 11.1 Å². The lowest BCUT2D eigenvalue weighted by molar-refractivity contribution is -0.118. The molecule has 0 atom stereocenters. The van der Waals surface area contributed by atoms with Gasteiger partial charge in [-0.05, 0) is 48.1 Å². The van der Waals surface area contributed by atoms with E-state index in [1.54, 1.807) is 12.1 Å². The van der Waals surface area contributed by atoms with Crippen molar-refractivity contribution in [2.24, 2.45) is 10.9 Å². The van der Waals surface area contributed by atoms with Crippen LogP contribution in [0.2, 0.25) is 0 Å². The van der Waals surface area contributed by atoms with Crippen molar-refractivity contribution in [1.29, 1.82) is 0 Å². The monoisotopic (exact) mass is 549 g/mol. The molecule has 0 aromatic heterocycles. The normalized spacial score (nSPS) is 16.7. The molecular weight excluding hydrogens is 514 g/mol. The van der Waals surface area contributed by atoms with Crippen LogP contribution in [0.1, 0.15) is 62.9 Å². The fraction of sp³-hybridized carbons (Fsp3) is 0.500. The zero-order valence-corrected chi connectivity index (χ0v) is 22.6. The Bertz CT molecular complexity index is 1040. The fourth-order valence-corrected chi connectivity index (χ4v) is 4.09. The summed E-state index contributed by atoms with van der Waals surface area (Å²) >= 11 is 0. The van der Waals surface area contributed by atoms with Crippen LogP contribution in [0.4, 0.5) is 0 Å². The van der Waals surface area contributed by atoms with Crippen LogP contribution in [0.25, 0.3) is 0 Å². The summed E-state index contributed by atoms with van der Waals surface area (Å²) in [6, 6.07) is 3.34. The number of oxime groups is 1. The van der Waals surface area contributed by atoms with Crippen LogP contribution in [0.15, 0.2) is 40.6 Å². The number of halogens is 1. The first-order valence-electron chi connectivity index (χ1n) is 11.7. The van der Waals surface area contributed by atoms with E-state index in [-0.39, 0.29) is 59.3 Å². The van der Waals surface area contributed by atoms with Crippen molar-refractivity contribution in [1.82, 2.24) is 4.90 Å². The van der Waals surface area contributed by atoms with Crippen molar-refractivity contribution < 1.29 is 24.3 Å². The van der Waals surface area contributed by atoms with Gasteiger partial charge in [-0.25, -0.2) is 0 Å². The summed E-state index contributed by atoms with van der Waals surface area (Å²) in [6.07, 6.45) is 5.39. The number of primary amides is 1. The smallest absolute Gasteiger partial charge is 0.217 e. The number of benzene rings is 1. The summed E-state index contributed by atoms with van der Waals surface area (Å²) in [6.45, 7) is 10.2. The van der Waals surface area contributed by atoms with E-state index in [0.717, 1.165) is 12.1 Å². The molecule has 1 aromatic rings. The number of ketones is 1. The zero-order chi connectivity index (χ0) is 24.9. The van der Waals surface area contributed by atoms with E-state index in [2.05, 4.69) is 16.1 Å². The van der Waals surface area contributed by atoms with Gasteiger partial charge in [-0.3, -0.25) is 14.5 Å². The molecule has 1 heterocycles. The predicted molar refractivity (Wildman–Crippen MR) is 142 cm³/mol. The largest absolute Gasteiger partial charge is 0.504 e. The minimum Gasteiger partial charge on any atom is -0.504 e. The number of nitrogens with two attached hydrogens (primary N) is 1. The molecule has 1 amide bonds. The maximum absolute atomic E-state index is 13.3. The number of nitrogens with zero attached hydrogens (tertiary/aromatic N) is 2. The molecule has 192 valence electrons. The average molecular weight is 550 g/mol. The summed E-state index contributed by atoms with van der Waals surface area (Å²) in [5, 5.41) is 14.9. The van der Waals surface area contributed by atoms with Crippen LogP contribution < -0.4 is 10.5 Å². The quantitative estimate of drug-likeness (QED) is 0.258. The second kappa shape index (κ2) is 12.4. The molecule has 0 radical (unpaired) electrons. The van der Waals surface area contributed by atoms with Crippen LogP contribution >= 0.6 is 17.0 Å². The molecular formula is C26H36BrN3O5. The molecule has 0 fully saturated rings. The van der Waals surface area contributed by atoms with Crippen molar-refractivity contribution in [2.75, 3.05) is 32.8 Å². The molecule has 0 unspecified atom stereocenters. The van der Waals surface area contributed by atoms with Gasteiger partial charge >= 0.3 is 0 Å². The van der Waals surface area contributed by atoms with Crippen LogP contribution in [-0.2, 0) is 15.0 Å². The maximum Gasteiger partial charge on any atom is 0.217 e. The van der Waals surface area contributed by atoms with Gasteiger partial charge in [0.05, 0.1) is 18.9 Å². The van der Waals surface area contributed by atoms with Gasteiger partial charge in [-0.2, -0.15) is 0 Å². The summed E-state index contributed by atoms with van der Waals surface area (Å²) in [4.78, 5) is 31.5. The van der Waals surface area contributed by atoms with Crippen molar-refractivity contribution in [3.8, 4) is 11.5 Å². The van der Waals surface area contributed by atoms with Crippen LogP contribution in [0.5, 0.6) is 11.5 Å². The van der Waals surface area contributed by atoms with E-state index >= 15 is 0 Å². The van der Waals surface area contributed by atoms with Gasteiger partial charge in [-0.1, -0.05) is 32.0 Å². The zero-order valence-electron chi connectivity index (χ0n) is 20.9. The van der Waals surface area contributed by atoms with Gasteiger partial charge < -0.3 is 20.4 Å². The molecule has 0 saturated heterocycles. The van der Waals surface area contributed by atoms with E-state index in [9.17, 15) is 14.7 Å². The lowest BCUT2D eigenvalue weighted by Gasteiger charge is -2.23. The molecule has 3 rings (SSSR count). The van der Waals surface area contributed by atoms with Gasteiger partial charge in [0.2, 0.25) is 5.91 Å². The molecule has 1 aromatic carbocycles. The molecule has 0 saturated carbocycles. The van der Waals surface area contributed by atoms with Gasteiger partial charge in [0.25, 0.3) is 0 Å². The third-order valence-corrected chi connectivity index (χ3v) is 5.84. The third-order valence-electron chi connectivity index (χ3n) is 5.84.